The maximum Gasteiger partial charge on any atom is 0.239 e. The van der Waals surface area contributed by atoms with Gasteiger partial charge in [0.1, 0.15) is 0 Å². The van der Waals surface area contributed by atoms with E-state index in [0.29, 0.717) is 0 Å². The smallest absolute Gasteiger partial charge is 0.239 e. The maximum absolute atomic E-state index is 11.3. The van der Waals surface area contributed by atoms with Gasteiger partial charge in [0.2, 0.25) is 5.91 Å². The zero-order valence-corrected chi connectivity index (χ0v) is 8.06. The lowest BCUT2D eigenvalue weighted by atomic mass is 10.1. The van der Waals surface area contributed by atoms with Gasteiger partial charge in [-0.15, -0.1) is 19.0 Å². The zero-order valence-electron chi connectivity index (χ0n) is 7.25. The quantitative estimate of drug-likeness (QED) is 0.640. The van der Waals surface area contributed by atoms with E-state index < -0.39 is 0 Å². The van der Waals surface area contributed by atoms with Crippen molar-refractivity contribution in [2.75, 3.05) is 20.1 Å². The summed E-state index contributed by atoms with van der Waals surface area (Å²) >= 11 is 0. The van der Waals surface area contributed by atoms with E-state index in [2.05, 4.69) is 11.9 Å². The summed E-state index contributed by atoms with van der Waals surface area (Å²) in [6, 6.07) is -0.0359. The van der Waals surface area contributed by atoms with Crippen LogP contribution < -0.4 is 5.32 Å². The molecule has 1 unspecified atom stereocenters. The third-order valence-electron chi connectivity index (χ3n) is 1.91. The molecule has 1 heterocycles. The molecule has 0 aromatic carbocycles. The minimum absolute atomic E-state index is 0. The highest BCUT2D eigenvalue weighted by Crippen LogP contribution is 2.02. The van der Waals surface area contributed by atoms with Crippen molar-refractivity contribution in [3.05, 3.63) is 12.7 Å². The normalized spacial score (nSPS) is 23.2. The van der Waals surface area contributed by atoms with E-state index in [1.54, 1.807) is 11.0 Å². The van der Waals surface area contributed by atoms with E-state index in [-0.39, 0.29) is 24.4 Å². The molecule has 1 fully saturated rings. The Morgan fingerprint density at radius 2 is 2.50 bits per heavy atom. The molecule has 70 valence electrons. The molecule has 1 aliphatic heterocycles. The Morgan fingerprint density at radius 1 is 1.83 bits per heavy atom. The molecule has 1 atom stereocenters. The van der Waals surface area contributed by atoms with Crippen LogP contribution >= 0.6 is 12.4 Å². The van der Waals surface area contributed by atoms with Crippen LogP contribution in [0.4, 0.5) is 0 Å². The Bertz CT molecular complexity index is 172. The number of rotatable bonds is 2. The summed E-state index contributed by atoms with van der Waals surface area (Å²) in [7, 11) is 1.83. The van der Waals surface area contributed by atoms with Crippen LogP contribution in [0.15, 0.2) is 12.7 Å². The predicted octanol–water partition coefficient (Wildman–Crippen LogP) is 0.414. The number of amides is 1. The molecule has 0 saturated carbocycles. The minimum Gasteiger partial charge on any atom is -0.343 e. The lowest BCUT2D eigenvalue weighted by Crippen LogP contribution is -2.53. The lowest BCUT2D eigenvalue weighted by molar-refractivity contribution is -0.134. The van der Waals surface area contributed by atoms with E-state index in [4.69, 9.17) is 0 Å². The summed E-state index contributed by atoms with van der Waals surface area (Å²) in [5.41, 5.74) is 0. The number of hydrogen-bond donors (Lipinski definition) is 1. The van der Waals surface area contributed by atoms with Gasteiger partial charge in [0.25, 0.3) is 0 Å². The van der Waals surface area contributed by atoms with Crippen molar-refractivity contribution in [2.24, 2.45) is 0 Å². The van der Waals surface area contributed by atoms with Crippen LogP contribution in [0.25, 0.3) is 0 Å². The second-order valence-electron chi connectivity index (χ2n) is 2.79. The highest BCUT2D eigenvalue weighted by Gasteiger charge is 2.23. The molecule has 1 aliphatic rings. The molecule has 0 radical (unpaired) electrons. The summed E-state index contributed by atoms with van der Waals surface area (Å²) < 4.78 is 0. The summed E-state index contributed by atoms with van der Waals surface area (Å²) in [6.07, 6.45) is 2.50. The van der Waals surface area contributed by atoms with Gasteiger partial charge in [-0.1, -0.05) is 6.08 Å². The average Bonchev–Trinajstić information content (AvgIpc) is 1.99. The molecule has 3 nitrogen and oxygen atoms in total. The van der Waals surface area contributed by atoms with E-state index in [9.17, 15) is 4.79 Å². The molecular weight excluding hydrogens is 176 g/mol. The number of piperazine rings is 1. The van der Waals surface area contributed by atoms with Gasteiger partial charge in [-0.05, 0) is 6.42 Å². The number of nitrogens with one attached hydrogen (secondary N) is 1. The number of nitrogens with zero attached hydrogens (tertiary/aromatic N) is 1. The van der Waals surface area contributed by atoms with Crippen molar-refractivity contribution in [3.8, 4) is 0 Å². The van der Waals surface area contributed by atoms with Gasteiger partial charge in [-0.25, -0.2) is 0 Å². The molecule has 0 aliphatic carbocycles. The molecule has 1 amide bonds. The minimum atomic E-state index is -0.0359. The molecule has 12 heavy (non-hydrogen) atoms. The Morgan fingerprint density at radius 3 is 3.08 bits per heavy atom. The lowest BCUT2D eigenvalue weighted by Gasteiger charge is -2.29. The molecule has 0 bridgehead atoms. The van der Waals surface area contributed by atoms with Crippen LogP contribution in [0.3, 0.4) is 0 Å². The third kappa shape index (κ3) is 2.50. The molecular formula is C8H15ClN2O. The van der Waals surface area contributed by atoms with Gasteiger partial charge in [-0.2, -0.15) is 0 Å². The number of carbonyl (C=O) groups is 1. The third-order valence-corrected chi connectivity index (χ3v) is 1.91. The van der Waals surface area contributed by atoms with Gasteiger partial charge in [-0.3, -0.25) is 4.79 Å². The fourth-order valence-electron chi connectivity index (χ4n) is 1.22. The zero-order chi connectivity index (χ0) is 8.27. The average molecular weight is 191 g/mol. The van der Waals surface area contributed by atoms with Crippen molar-refractivity contribution in [2.45, 2.75) is 12.5 Å². The molecule has 0 aromatic rings. The first-order chi connectivity index (χ1) is 5.25. The van der Waals surface area contributed by atoms with Gasteiger partial charge < -0.3 is 10.2 Å². The molecule has 1 rings (SSSR count). The van der Waals surface area contributed by atoms with Gasteiger partial charge in [0.05, 0.1) is 6.04 Å². The second kappa shape index (κ2) is 5.17. The second-order valence-corrected chi connectivity index (χ2v) is 2.79. The van der Waals surface area contributed by atoms with Crippen LogP contribution in [0, 0.1) is 0 Å². The SMILES string of the molecule is C=CCC1NCCN(C)C1=O.Cl. The van der Waals surface area contributed by atoms with E-state index >= 15 is 0 Å². The topological polar surface area (TPSA) is 32.3 Å². The van der Waals surface area contributed by atoms with Crippen molar-refractivity contribution < 1.29 is 4.79 Å². The molecule has 1 N–H and O–H groups in total. The largest absolute Gasteiger partial charge is 0.343 e. The molecule has 0 aromatic heterocycles. The number of likely N-dealkylation sites (N-methyl/N-ethyl adjacent to an activating group) is 1. The van der Waals surface area contributed by atoms with Crippen molar-refractivity contribution in [3.63, 3.8) is 0 Å². The van der Waals surface area contributed by atoms with Gasteiger partial charge >= 0.3 is 0 Å². The molecule has 1 saturated heterocycles. The van der Waals surface area contributed by atoms with Crippen molar-refractivity contribution in [1.82, 2.24) is 10.2 Å². The summed E-state index contributed by atoms with van der Waals surface area (Å²) in [4.78, 5) is 13.1. The number of hydrogen-bond acceptors (Lipinski definition) is 2. The predicted molar refractivity (Wildman–Crippen MR) is 51.5 cm³/mol. The fourth-order valence-corrected chi connectivity index (χ4v) is 1.22. The summed E-state index contributed by atoms with van der Waals surface area (Å²) in [5, 5.41) is 3.14. The Labute approximate surface area is 79.2 Å². The maximum atomic E-state index is 11.3. The Balaban J connectivity index is 0.00000121. The standard InChI is InChI=1S/C8H14N2O.ClH/c1-3-4-7-8(11)10(2)6-5-9-7;/h3,7,9H,1,4-6H2,2H3;1H. The van der Waals surface area contributed by atoms with E-state index in [0.717, 1.165) is 19.5 Å². The molecule has 4 heteroatoms. The van der Waals surface area contributed by atoms with Crippen LogP contribution in [-0.4, -0.2) is 37.0 Å². The first-order valence-corrected chi connectivity index (χ1v) is 3.85. The van der Waals surface area contributed by atoms with Crippen molar-refractivity contribution >= 4 is 18.3 Å². The highest BCUT2D eigenvalue weighted by atomic mass is 35.5. The monoisotopic (exact) mass is 190 g/mol. The number of halogens is 1. The van der Waals surface area contributed by atoms with E-state index in [1.807, 2.05) is 7.05 Å². The summed E-state index contributed by atoms with van der Waals surface area (Å²) in [5.74, 6) is 0.177. The van der Waals surface area contributed by atoms with Crippen LogP contribution in [-0.2, 0) is 4.79 Å². The number of carbonyl (C=O) groups excluding carboxylic acids is 1. The molecule has 0 spiro atoms. The first kappa shape index (κ1) is 11.5. The first-order valence-electron chi connectivity index (χ1n) is 3.85. The van der Waals surface area contributed by atoms with Gasteiger partial charge in [0.15, 0.2) is 0 Å². The van der Waals surface area contributed by atoms with Crippen LogP contribution in [0.1, 0.15) is 6.42 Å². The highest BCUT2D eigenvalue weighted by molar-refractivity contribution is 5.85. The Hall–Kier alpha value is -0.540. The summed E-state index contributed by atoms with van der Waals surface area (Å²) in [6.45, 7) is 5.31. The van der Waals surface area contributed by atoms with Crippen LogP contribution in [0.2, 0.25) is 0 Å². The van der Waals surface area contributed by atoms with Crippen LogP contribution in [0.5, 0.6) is 0 Å². The Kier molecular flexibility index (Phi) is 4.93. The fraction of sp³-hybridized carbons (Fsp3) is 0.625. The van der Waals surface area contributed by atoms with E-state index in [1.165, 1.54) is 0 Å². The van der Waals surface area contributed by atoms with Gasteiger partial charge in [0, 0.05) is 20.1 Å². The van der Waals surface area contributed by atoms with Crippen molar-refractivity contribution in [1.29, 1.82) is 0 Å².